The van der Waals surface area contributed by atoms with Crippen LogP contribution in [0.15, 0.2) is 48.5 Å². The van der Waals surface area contributed by atoms with Crippen LogP contribution in [0.2, 0.25) is 0 Å². The zero-order chi connectivity index (χ0) is 23.4. The summed E-state index contributed by atoms with van der Waals surface area (Å²) in [4.78, 5) is 42.1. The summed E-state index contributed by atoms with van der Waals surface area (Å²) in [7, 11) is 0. The van der Waals surface area contributed by atoms with Crippen LogP contribution in [0.4, 0.5) is 0 Å². The molecule has 2 aromatic carbocycles. The van der Waals surface area contributed by atoms with Crippen LogP contribution in [0.5, 0.6) is 0 Å². The van der Waals surface area contributed by atoms with Crippen LogP contribution in [-0.4, -0.2) is 46.6 Å². The highest BCUT2D eigenvalue weighted by atomic mass is 35.5. The van der Waals surface area contributed by atoms with Crippen molar-refractivity contribution >= 4 is 41.0 Å². The van der Waals surface area contributed by atoms with Crippen molar-refractivity contribution in [3.8, 4) is 0 Å². The van der Waals surface area contributed by atoms with Crippen LogP contribution >= 0.6 is 23.2 Å². The molecule has 1 heterocycles. The van der Waals surface area contributed by atoms with Crippen molar-refractivity contribution < 1.29 is 19.1 Å². The molecule has 3 aliphatic carbocycles. The first-order chi connectivity index (χ1) is 15.9. The molecule has 0 aromatic heterocycles. The van der Waals surface area contributed by atoms with E-state index >= 15 is 0 Å². The quantitative estimate of drug-likeness (QED) is 0.347. The summed E-state index contributed by atoms with van der Waals surface area (Å²) in [6.07, 6.45) is -0.679. The number of rotatable bonds is 6. The zero-order valence-corrected chi connectivity index (χ0v) is 19.9. The molecule has 1 saturated heterocycles. The fourth-order valence-corrected chi connectivity index (χ4v) is 6.44. The lowest BCUT2D eigenvalue weighted by Crippen LogP contribution is -2.50. The number of carbonyl (C=O) groups excluding carboxylic acids is 3. The second kappa shape index (κ2) is 8.44. The Balaban J connectivity index is 1.59. The molecule has 33 heavy (non-hydrogen) atoms. The predicted octanol–water partition coefficient (Wildman–Crippen LogP) is 4.29. The van der Waals surface area contributed by atoms with E-state index in [9.17, 15) is 14.4 Å². The van der Waals surface area contributed by atoms with Gasteiger partial charge in [-0.2, -0.15) is 0 Å². The highest BCUT2D eigenvalue weighted by Crippen LogP contribution is 2.61. The second-order valence-corrected chi connectivity index (χ2v) is 9.98. The van der Waals surface area contributed by atoms with Crippen LogP contribution in [0, 0.1) is 17.8 Å². The largest absolute Gasteiger partial charge is 0.458 e. The highest BCUT2D eigenvalue weighted by Gasteiger charge is 2.63. The molecule has 3 atom stereocenters. The van der Waals surface area contributed by atoms with E-state index in [1.165, 1.54) is 4.90 Å². The number of nitrogens with zero attached hydrogens (tertiary/aromatic N) is 1. The Hall–Kier alpha value is -2.37. The number of amides is 2. The number of hydrogen-bond donors (Lipinski definition) is 0. The molecule has 4 aliphatic rings. The normalized spacial score (nSPS) is 25.8. The molecule has 2 amide bonds. The molecule has 0 radical (unpaired) electrons. The molecular weight excluding hydrogens is 461 g/mol. The predicted molar refractivity (Wildman–Crippen MR) is 125 cm³/mol. The van der Waals surface area contributed by atoms with Crippen molar-refractivity contribution in [1.29, 1.82) is 0 Å². The molecular formula is C26H25Cl2NO4. The van der Waals surface area contributed by atoms with Crippen molar-refractivity contribution in [3.05, 3.63) is 70.8 Å². The average molecular weight is 486 g/mol. The number of halogens is 2. The SMILES string of the molecule is CC(C)[C@H](C(=O)OC(CCl)CCl)N1C(=O)[C@H]2C3c4ccccc4C(c4ccccc43)[C@@H]2C1=O. The fraction of sp³-hybridized carbons (Fsp3) is 0.423. The smallest absolute Gasteiger partial charge is 0.329 e. The minimum atomic E-state index is -1.02. The average Bonchev–Trinajstić information content (AvgIpc) is 3.08. The van der Waals surface area contributed by atoms with Gasteiger partial charge in [-0.15, -0.1) is 23.2 Å². The molecule has 6 rings (SSSR count). The topological polar surface area (TPSA) is 63.7 Å². The number of esters is 1. The maximum absolute atomic E-state index is 13.9. The lowest BCUT2D eigenvalue weighted by Gasteiger charge is -2.45. The molecule has 1 aliphatic heterocycles. The zero-order valence-electron chi connectivity index (χ0n) is 18.4. The summed E-state index contributed by atoms with van der Waals surface area (Å²) < 4.78 is 5.48. The van der Waals surface area contributed by atoms with E-state index in [0.29, 0.717) is 0 Å². The van der Waals surface area contributed by atoms with Gasteiger partial charge in [-0.3, -0.25) is 14.5 Å². The summed E-state index contributed by atoms with van der Waals surface area (Å²) in [5, 5.41) is 0. The van der Waals surface area contributed by atoms with E-state index in [1.54, 1.807) is 0 Å². The first-order valence-electron chi connectivity index (χ1n) is 11.3. The summed E-state index contributed by atoms with van der Waals surface area (Å²) in [5.41, 5.74) is 4.38. The first kappa shape index (κ1) is 22.4. The van der Waals surface area contributed by atoms with Crippen LogP contribution in [0.3, 0.4) is 0 Å². The number of imide groups is 1. The van der Waals surface area contributed by atoms with Crippen molar-refractivity contribution in [1.82, 2.24) is 4.90 Å². The molecule has 0 unspecified atom stereocenters. The van der Waals surface area contributed by atoms with Crippen molar-refractivity contribution in [2.75, 3.05) is 11.8 Å². The third-order valence-corrected chi connectivity index (χ3v) is 7.95. The lowest BCUT2D eigenvalue weighted by molar-refractivity contribution is -0.163. The standard InChI is InChI=1S/C26H25Cl2NO4/c1-13(2)23(26(32)33-14(11-27)12-28)29-24(30)21-19-15-7-3-4-8-16(15)20(22(21)25(29)31)18-10-6-5-9-17(18)19/h3-10,13-14,19-23H,11-12H2,1-2H3/t19?,20?,21-,22-,23+/m0/s1. The van der Waals surface area contributed by atoms with Crippen LogP contribution in [0.25, 0.3) is 0 Å². The van der Waals surface area contributed by atoms with Crippen LogP contribution < -0.4 is 0 Å². The van der Waals surface area contributed by atoms with E-state index in [1.807, 2.05) is 38.1 Å². The van der Waals surface area contributed by atoms with Gasteiger partial charge in [-0.05, 0) is 28.2 Å². The second-order valence-electron chi connectivity index (χ2n) is 9.37. The molecule has 5 nitrogen and oxygen atoms in total. The number of ether oxygens (including phenoxy) is 1. The van der Waals surface area contributed by atoms with Gasteiger partial charge in [0, 0.05) is 11.8 Å². The molecule has 0 N–H and O–H groups in total. The Morgan fingerprint density at radius 1 is 0.848 bits per heavy atom. The fourth-order valence-electron chi connectivity index (χ4n) is 5.99. The van der Waals surface area contributed by atoms with Gasteiger partial charge in [-0.25, -0.2) is 4.79 Å². The number of benzene rings is 2. The summed E-state index contributed by atoms with van der Waals surface area (Å²) >= 11 is 11.7. The Morgan fingerprint density at radius 2 is 1.24 bits per heavy atom. The van der Waals surface area contributed by atoms with Gasteiger partial charge in [0.05, 0.1) is 23.6 Å². The Kier molecular flexibility index (Phi) is 5.74. The van der Waals surface area contributed by atoms with E-state index in [4.69, 9.17) is 27.9 Å². The summed E-state index contributed by atoms with van der Waals surface area (Å²) in [6, 6.07) is 15.1. The molecule has 2 aromatic rings. The maximum Gasteiger partial charge on any atom is 0.329 e. The molecule has 7 heteroatoms. The van der Waals surface area contributed by atoms with E-state index in [2.05, 4.69) is 24.3 Å². The number of alkyl halides is 2. The molecule has 0 spiro atoms. The number of hydrogen-bond acceptors (Lipinski definition) is 4. The van der Waals surface area contributed by atoms with Gasteiger partial charge in [0.1, 0.15) is 12.1 Å². The Morgan fingerprint density at radius 3 is 1.58 bits per heavy atom. The lowest BCUT2D eigenvalue weighted by atomic mass is 9.55. The maximum atomic E-state index is 13.9. The van der Waals surface area contributed by atoms with Crippen LogP contribution in [0.1, 0.15) is 47.9 Å². The summed E-state index contributed by atoms with van der Waals surface area (Å²) in [6.45, 7) is 3.62. The third kappa shape index (κ3) is 3.23. The van der Waals surface area contributed by atoms with Gasteiger partial charge in [0.2, 0.25) is 11.8 Å². The molecule has 172 valence electrons. The molecule has 0 saturated carbocycles. The van der Waals surface area contributed by atoms with Crippen molar-refractivity contribution in [2.45, 2.75) is 37.8 Å². The molecule has 1 fully saturated rings. The Labute approximate surface area is 203 Å². The van der Waals surface area contributed by atoms with E-state index in [0.717, 1.165) is 22.3 Å². The van der Waals surface area contributed by atoms with Gasteiger partial charge >= 0.3 is 5.97 Å². The number of likely N-dealkylation sites (tertiary alicyclic amines) is 1. The third-order valence-electron chi connectivity index (χ3n) is 7.26. The molecule has 2 bridgehead atoms. The van der Waals surface area contributed by atoms with E-state index in [-0.39, 0.29) is 41.3 Å². The highest BCUT2D eigenvalue weighted by molar-refractivity contribution is 6.21. The summed E-state index contributed by atoms with van der Waals surface area (Å²) in [5.74, 6) is -2.95. The monoisotopic (exact) mass is 485 g/mol. The minimum absolute atomic E-state index is 0.0436. The van der Waals surface area contributed by atoms with Gasteiger partial charge < -0.3 is 4.74 Å². The van der Waals surface area contributed by atoms with Gasteiger partial charge in [-0.1, -0.05) is 62.4 Å². The van der Waals surface area contributed by atoms with E-state index < -0.39 is 30.0 Å². The Bertz CT molecular complexity index is 1010. The van der Waals surface area contributed by atoms with Crippen molar-refractivity contribution in [2.24, 2.45) is 17.8 Å². The number of carbonyl (C=O) groups is 3. The van der Waals surface area contributed by atoms with Gasteiger partial charge in [0.25, 0.3) is 0 Å². The van der Waals surface area contributed by atoms with Gasteiger partial charge in [0.15, 0.2) is 0 Å². The van der Waals surface area contributed by atoms with Crippen LogP contribution in [-0.2, 0) is 19.1 Å². The first-order valence-corrected chi connectivity index (χ1v) is 12.3. The minimum Gasteiger partial charge on any atom is -0.458 e. The van der Waals surface area contributed by atoms with Crippen molar-refractivity contribution in [3.63, 3.8) is 0 Å².